The average molecular weight is 483 g/mol. The molecule has 1 aliphatic heterocycles. The molecule has 1 saturated heterocycles. The molecule has 8 nitrogen and oxygen atoms in total. The summed E-state index contributed by atoms with van der Waals surface area (Å²) >= 11 is 0. The Labute approximate surface area is 211 Å². The fraction of sp³-hybridized carbons (Fsp3) is 0.429. The Balaban J connectivity index is 1.22. The van der Waals surface area contributed by atoms with E-state index in [1.165, 1.54) is 12.8 Å². The van der Waals surface area contributed by atoms with Gasteiger partial charge in [0.15, 0.2) is 0 Å². The average Bonchev–Trinajstić information content (AvgIpc) is 3.65. The molecule has 5 rings (SSSR count). The van der Waals surface area contributed by atoms with Gasteiger partial charge in [-0.3, -0.25) is 4.79 Å². The summed E-state index contributed by atoms with van der Waals surface area (Å²) in [5.74, 6) is 8.93. The van der Waals surface area contributed by atoms with Gasteiger partial charge in [0.1, 0.15) is 17.6 Å². The van der Waals surface area contributed by atoms with Crippen LogP contribution in [0.3, 0.4) is 0 Å². The summed E-state index contributed by atoms with van der Waals surface area (Å²) in [6.07, 6.45) is 9.94. The highest BCUT2D eigenvalue weighted by Gasteiger charge is 2.22. The molecule has 0 radical (unpaired) electrons. The van der Waals surface area contributed by atoms with Crippen LogP contribution < -0.4 is 9.64 Å². The molecule has 0 bridgehead atoms. The van der Waals surface area contributed by atoms with Crippen LogP contribution in [0.5, 0.6) is 5.75 Å². The van der Waals surface area contributed by atoms with E-state index in [4.69, 9.17) is 9.72 Å². The number of amides is 1. The van der Waals surface area contributed by atoms with Gasteiger partial charge in [0, 0.05) is 62.8 Å². The summed E-state index contributed by atoms with van der Waals surface area (Å²) in [7, 11) is 0. The molecule has 3 aromatic rings. The normalized spacial score (nSPS) is 15.3. The Hall–Kier alpha value is -4.04. The van der Waals surface area contributed by atoms with Gasteiger partial charge in [-0.05, 0) is 43.9 Å². The molecule has 0 aromatic carbocycles. The first-order valence-electron chi connectivity index (χ1n) is 12.7. The third-order valence-electron chi connectivity index (χ3n) is 6.71. The van der Waals surface area contributed by atoms with Crippen LogP contribution >= 0.6 is 0 Å². The maximum atomic E-state index is 12.5. The van der Waals surface area contributed by atoms with Crippen LogP contribution in [0.25, 0.3) is 16.6 Å². The van der Waals surface area contributed by atoms with Gasteiger partial charge in [0.2, 0.25) is 5.91 Å². The third-order valence-corrected chi connectivity index (χ3v) is 6.71. The molecule has 36 heavy (non-hydrogen) atoms. The van der Waals surface area contributed by atoms with E-state index in [0.29, 0.717) is 43.9 Å². The molecule has 0 N–H and O–H groups in total. The fourth-order valence-electron chi connectivity index (χ4n) is 4.52. The van der Waals surface area contributed by atoms with E-state index in [1.54, 1.807) is 16.9 Å². The standard InChI is InChI=1S/C28H30N6O2/c1-2-36-24-16-25(28-23(17-29)19-31-34(28)20-24)22-10-11-26(30-18-22)32-12-14-33(15-13-32)27(35)7-5-3-4-6-21-8-9-21/h10-11,16,18-21H,2,5-9,12-15H2,1H3. The van der Waals surface area contributed by atoms with Crippen molar-refractivity contribution >= 4 is 17.2 Å². The number of anilines is 1. The molecule has 2 aliphatic rings. The lowest BCUT2D eigenvalue weighted by molar-refractivity contribution is -0.131. The Morgan fingerprint density at radius 3 is 2.69 bits per heavy atom. The van der Waals surface area contributed by atoms with Crippen LogP contribution in [0, 0.1) is 29.1 Å². The number of nitrogens with zero attached hydrogens (tertiary/aromatic N) is 6. The lowest BCUT2D eigenvalue weighted by atomic mass is 10.1. The smallest absolute Gasteiger partial charge is 0.223 e. The van der Waals surface area contributed by atoms with Gasteiger partial charge in [-0.25, -0.2) is 9.50 Å². The van der Waals surface area contributed by atoms with Crippen molar-refractivity contribution in [3.05, 3.63) is 42.4 Å². The van der Waals surface area contributed by atoms with Gasteiger partial charge < -0.3 is 14.5 Å². The molecule has 0 spiro atoms. The van der Waals surface area contributed by atoms with Crippen LogP contribution in [-0.4, -0.2) is 58.2 Å². The van der Waals surface area contributed by atoms with Crippen LogP contribution in [0.15, 0.2) is 36.8 Å². The second kappa shape index (κ2) is 10.7. The summed E-state index contributed by atoms with van der Waals surface area (Å²) in [4.78, 5) is 21.4. The maximum absolute atomic E-state index is 12.5. The monoisotopic (exact) mass is 482 g/mol. The Morgan fingerprint density at radius 2 is 2.00 bits per heavy atom. The summed E-state index contributed by atoms with van der Waals surface area (Å²) in [6, 6.07) is 8.16. The zero-order chi connectivity index (χ0) is 24.9. The van der Waals surface area contributed by atoms with Gasteiger partial charge >= 0.3 is 0 Å². The van der Waals surface area contributed by atoms with Crippen LogP contribution in [0.2, 0.25) is 0 Å². The molecular formula is C28H30N6O2. The highest BCUT2D eigenvalue weighted by Crippen LogP contribution is 2.32. The van der Waals surface area contributed by atoms with Crippen molar-refractivity contribution in [3.63, 3.8) is 0 Å². The van der Waals surface area contributed by atoms with Crippen LogP contribution in [0.4, 0.5) is 5.82 Å². The van der Waals surface area contributed by atoms with Crippen molar-refractivity contribution < 1.29 is 9.53 Å². The lowest BCUT2D eigenvalue weighted by Crippen LogP contribution is -2.49. The fourth-order valence-corrected chi connectivity index (χ4v) is 4.52. The SMILES string of the molecule is CCOc1cc(-c2ccc(N3CCN(C(=O)CCC#CCC4CC4)CC3)nc2)c2c(C#N)cnn2c1. The number of aromatic nitrogens is 3. The predicted molar refractivity (Wildman–Crippen MR) is 137 cm³/mol. The second-order valence-corrected chi connectivity index (χ2v) is 9.26. The molecule has 2 fully saturated rings. The molecular weight excluding hydrogens is 452 g/mol. The largest absolute Gasteiger partial charge is 0.492 e. The minimum Gasteiger partial charge on any atom is -0.492 e. The quantitative estimate of drug-likeness (QED) is 0.475. The van der Waals surface area contributed by atoms with Gasteiger partial charge in [0.05, 0.1) is 30.1 Å². The predicted octanol–water partition coefficient (Wildman–Crippen LogP) is 3.90. The van der Waals surface area contributed by atoms with E-state index in [9.17, 15) is 10.1 Å². The number of pyridine rings is 2. The summed E-state index contributed by atoms with van der Waals surface area (Å²) in [5.41, 5.74) is 2.98. The number of fused-ring (bicyclic) bond motifs is 1. The zero-order valence-corrected chi connectivity index (χ0v) is 20.6. The van der Waals surface area contributed by atoms with Gasteiger partial charge in [0.25, 0.3) is 0 Å². The maximum Gasteiger partial charge on any atom is 0.223 e. The number of rotatable bonds is 7. The van der Waals surface area contributed by atoms with E-state index >= 15 is 0 Å². The summed E-state index contributed by atoms with van der Waals surface area (Å²) in [5, 5.41) is 13.9. The van der Waals surface area contributed by atoms with Crippen molar-refractivity contribution in [3.8, 4) is 34.8 Å². The lowest BCUT2D eigenvalue weighted by Gasteiger charge is -2.35. The number of ether oxygens (including phenoxy) is 1. The van der Waals surface area contributed by atoms with Crippen molar-refractivity contribution in [2.45, 2.75) is 39.0 Å². The number of carbonyl (C=O) groups excluding carboxylic acids is 1. The van der Waals surface area contributed by atoms with Gasteiger partial charge in [-0.1, -0.05) is 0 Å². The molecule has 0 atom stereocenters. The number of carbonyl (C=O) groups is 1. The third kappa shape index (κ3) is 5.28. The van der Waals surface area contributed by atoms with Crippen molar-refractivity contribution in [1.82, 2.24) is 19.5 Å². The number of nitriles is 1. The molecule has 4 heterocycles. The summed E-state index contributed by atoms with van der Waals surface area (Å²) < 4.78 is 7.39. The van der Waals surface area contributed by atoms with Crippen molar-refractivity contribution in [2.75, 3.05) is 37.7 Å². The molecule has 184 valence electrons. The van der Waals surface area contributed by atoms with Crippen molar-refractivity contribution in [1.29, 1.82) is 5.26 Å². The zero-order valence-electron chi connectivity index (χ0n) is 20.6. The topological polar surface area (TPSA) is 86.8 Å². The molecule has 8 heteroatoms. The van der Waals surface area contributed by atoms with Crippen molar-refractivity contribution in [2.24, 2.45) is 5.92 Å². The minimum atomic E-state index is 0.186. The molecule has 1 saturated carbocycles. The van der Waals surface area contributed by atoms with E-state index < -0.39 is 0 Å². The molecule has 3 aromatic heterocycles. The first kappa shape index (κ1) is 23.7. The highest BCUT2D eigenvalue weighted by atomic mass is 16.5. The Bertz CT molecular complexity index is 1330. The van der Waals surface area contributed by atoms with E-state index in [2.05, 4.69) is 27.9 Å². The van der Waals surface area contributed by atoms with Crippen LogP contribution in [-0.2, 0) is 4.79 Å². The number of hydrogen-bond acceptors (Lipinski definition) is 6. The molecule has 1 amide bonds. The first-order chi connectivity index (χ1) is 17.7. The van der Waals surface area contributed by atoms with E-state index in [0.717, 1.165) is 47.9 Å². The van der Waals surface area contributed by atoms with E-state index in [-0.39, 0.29) is 5.91 Å². The Kier molecular flexibility index (Phi) is 7.04. The Morgan fingerprint density at radius 1 is 1.17 bits per heavy atom. The second-order valence-electron chi connectivity index (χ2n) is 9.26. The first-order valence-corrected chi connectivity index (χ1v) is 12.7. The summed E-state index contributed by atoms with van der Waals surface area (Å²) in [6.45, 7) is 5.35. The number of piperazine rings is 1. The molecule has 0 unspecified atom stereocenters. The van der Waals surface area contributed by atoms with E-state index in [1.807, 2.05) is 36.2 Å². The minimum absolute atomic E-state index is 0.186. The molecule has 1 aliphatic carbocycles. The van der Waals surface area contributed by atoms with Crippen LogP contribution in [0.1, 0.15) is 44.6 Å². The number of hydrogen-bond donors (Lipinski definition) is 0. The van der Waals surface area contributed by atoms with Gasteiger partial charge in [-0.15, -0.1) is 11.8 Å². The highest BCUT2D eigenvalue weighted by molar-refractivity contribution is 5.85. The van der Waals surface area contributed by atoms with Gasteiger partial charge in [-0.2, -0.15) is 10.4 Å².